The zero-order valence-electron chi connectivity index (χ0n) is 14.2. The van der Waals surface area contributed by atoms with Gasteiger partial charge in [0, 0.05) is 46.4 Å². The average Bonchev–Trinajstić information content (AvgIpc) is 2.64. The summed E-state index contributed by atoms with van der Waals surface area (Å²) in [6.07, 6.45) is 1.67. The maximum Gasteiger partial charge on any atom is 0.253 e. The summed E-state index contributed by atoms with van der Waals surface area (Å²) in [6, 6.07) is 13.2. The number of anilines is 1. The van der Waals surface area contributed by atoms with E-state index >= 15 is 0 Å². The number of carbonyl (C=O) groups excluding carboxylic acids is 1. The van der Waals surface area contributed by atoms with Crippen molar-refractivity contribution in [1.29, 1.82) is 0 Å². The van der Waals surface area contributed by atoms with E-state index in [0.29, 0.717) is 18.9 Å². The Kier molecular flexibility index (Phi) is 6.08. The smallest absolute Gasteiger partial charge is 0.253 e. The summed E-state index contributed by atoms with van der Waals surface area (Å²) < 4.78 is 0. The highest BCUT2D eigenvalue weighted by Crippen LogP contribution is 2.15. The van der Waals surface area contributed by atoms with Gasteiger partial charge in [0.15, 0.2) is 0 Å². The normalized spacial score (nSPS) is 14.8. The summed E-state index contributed by atoms with van der Waals surface area (Å²) in [5.41, 5.74) is 7.54. The predicted molar refractivity (Wildman–Crippen MR) is 101 cm³/mol. The van der Waals surface area contributed by atoms with Gasteiger partial charge in [0.1, 0.15) is 11.7 Å². The second kappa shape index (κ2) is 8.25. The van der Waals surface area contributed by atoms with Crippen molar-refractivity contribution in [2.75, 3.05) is 39.0 Å². The first-order chi connectivity index (χ1) is 11.7. The second-order valence-electron chi connectivity index (χ2n) is 5.63. The number of hydrogen-bond acceptors (Lipinski definition) is 4. The Labute approximate surface area is 148 Å². The second-order valence-corrected chi connectivity index (χ2v) is 5.63. The van der Waals surface area contributed by atoms with Gasteiger partial charge >= 0.3 is 0 Å². The summed E-state index contributed by atoms with van der Waals surface area (Å²) >= 11 is 0. The number of nitrogens with zero attached hydrogens (tertiary/aromatic N) is 4. The summed E-state index contributed by atoms with van der Waals surface area (Å²) in [7, 11) is 1.75. The molecule has 2 heterocycles. The van der Waals surface area contributed by atoms with Crippen molar-refractivity contribution in [2.45, 2.75) is 0 Å². The first-order valence-corrected chi connectivity index (χ1v) is 7.97. The van der Waals surface area contributed by atoms with Crippen LogP contribution in [0.2, 0.25) is 0 Å². The lowest BCUT2D eigenvalue weighted by molar-refractivity contribution is 0.0692. The lowest BCUT2D eigenvalue weighted by atomic mass is 10.1. The van der Waals surface area contributed by atoms with Gasteiger partial charge in [-0.25, -0.2) is 4.98 Å². The van der Waals surface area contributed by atoms with Crippen molar-refractivity contribution in [3.63, 3.8) is 0 Å². The van der Waals surface area contributed by atoms with Crippen LogP contribution in [0, 0.1) is 0 Å². The number of aliphatic imine (C=N–C) groups is 1. The van der Waals surface area contributed by atoms with Crippen LogP contribution in [0.5, 0.6) is 0 Å². The van der Waals surface area contributed by atoms with E-state index in [0.717, 1.165) is 30.1 Å². The Balaban J connectivity index is 0.00000169. The minimum Gasteiger partial charge on any atom is -0.412 e. The summed E-state index contributed by atoms with van der Waals surface area (Å²) in [6.45, 7) is 2.76. The molecule has 0 aliphatic carbocycles. The quantitative estimate of drug-likeness (QED) is 0.646. The van der Waals surface area contributed by atoms with Crippen LogP contribution < -0.4 is 5.73 Å². The number of amidine groups is 1. The fraction of sp³-hybridized carbons (Fsp3) is 0.278. The molecule has 1 fully saturated rings. The standard InChI is InChI=1S/C18H21N5O.H2O.H2/c1-20-17(15-8-5-9-21-16(15)19)22-10-12-23(13-11-22)18(24)14-6-3-2-4-7-14;;/h2-9H,10-13H2,1H3,(H2,19,21);1H2;1H. The first-order valence-electron chi connectivity index (χ1n) is 7.97. The number of benzene rings is 1. The number of aromatic nitrogens is 1. The third-order valence-electron chi connectivity index (χ3n) is 4.18. The van der Waals surface area contributed by atoms with Crippen LogP contribution in [0.3, 0.4) is 0 Å². The fourth-order valence-corrected chi connectivity index (χ4v) is 2.92. The molecule has 134 valence electrons. The van der Waals surface area contributed by atoms with Gasteiger partial charge in [-0.15, -0.1) is 0 Å². The van der Waals surface area contributed by atoms with Crippen molar-refractivity contribution in [3.05, 3.63) is 59.8 Å². The lowest BCUT2D eigenvalue weighted by Gasteiger charge is -2.36. The predicted octanol–water partition coefficient (Wildman–Crippen LogP) is 0.919. The van der Waals surface area contributed by atoms with E-state index in [1.807, 2.05) is 47.4 Å². The van der Waals surface area contributed by atoms with Gasteiger partial charge in [-0.3, -0.25) is 9.79 Å². The zero-order chi connectivity index (χ0) is 16.9. The molecular weight excluding hydrogens is 318 g/mol. The van der Waals surface area contributed by atoms with Gasteiger partial charge in [-0.1, -0.05) is 18.2 Å². The van der Waals surface area contributed by atoms with Gasteiger partial charge in [0.05, 0.1) is 5.56 Å². The molecule has 0 bridgehead atoms. The molecule has 4 N–H and O–H groups in total. The van der Waals surface area contributed by atoms with Crippen LogP contribution in [-0.2, 0) is 0 Å². The molecule has 0 atom stereocenters. The highest BCUT2D eigenvalue weighted by Gasteiger charge is 2.25. The molecular formula is C18H25N5O2. The summed E-state index contributed by atoms with van der Waals surface area (Å²) in [4.78, 5) is 25.1. The maximum absolute atomic E-state index is 12.5. The van der Waals surface area contributed by atoms with Crippen LogP contribution in [0.1, 0.15) is 17.3 Å². The molecule has 1 aliphatic rings. The van der Waals surface area contributed by atoms with Gasteiger partial charge < -0.3 is 21.0 Å². The van der Waals surface area contributed by atoms with Crippen molar-refractivity contribution < 1.29 is 11.7 Å². The van der Waals surface area contributed by atoms with E-state index in [2.05, 4.69) is 14.9 Å². The molecule has 0 saturated carbocycles. The molecule has 1 aromatic carbocycles. The number of amides is 1. The van der Waals surface area contributed by atoms with Gasteiger partial charge in [-0.2, -0.15) is 0 Å². The molecule has 0 radical (unpaired) electrons. The van der Waals surface area contributed by atoms with Crippen molar-refractivity contribution in [2.24, 2.45) is 4.99 Å². The Morgan fingerprint density at radius 2 is 1.72 bits per heavy atom. The SMILES string of the molecule is CN=C(c1cccnc1N)N1CCN(C(=O)c2ccccc2)CC1.O.[HH]. The molecule has 7 heteroatoms. The maximum atomic E-state index is 12.5. The Morgan fingerprint density at radius 3 is 2.32 bits per heavy atom. The highest BCUT2D eigenvalue weighted by atomic mass is 16.2. The summed E-state index contributed by atoms with van der Waals surface area (Å²) in [5.74, 6) is 1.37. The van der Waals surface area contributed by atoms with Crippen LogP contribution >= 0.6 is 0 Å². The van der Waals surface area contributed by atoms with E-state index in [-0.39, 0.29) is 12.8 Å². The number of hydrogen-bond donors (Lipinski definition) is 1. The Hall–Kier alpha value is -2.93. The lowest BCUT2D eigenvalue weighted by Crippen LogP contribution is -2.51. The van der Waals surface area contributed by atoms with Crippen LogP contribution in [0.15, 0.2) is 53.7 Å². The average molecular weight is 343 g/mol. The zero-order valence-corrected chi connectivity index (χ0v) is 14.2. The molecule has 1 aliphatic heterocycles. The van der Waals surface area contributed by atoms with Crippen LogP contribution in [-0.4, -0.2) is 65.2 Å². The molecule has 1 amide bonds. The van der Waals surface area contributed by atoms with E-state index < -0.39 is 0 Å². The molecule has 3 rings (SSSR count). The van der Waals surface area contributed by atoms with Crippen LogP contribution in [0.25, 0.3) is 0 Å². The van der Waals surface area contributed by atoms with E-state index in [4.69, 9.17) is 5.73 Å². The number of carbonyl (C=O) groups is 1. The molecule has 7 nitrogen and oxygen atoms in total. The number of nitrogens with two attached hydrogens (primary N) is 1. The molecule has 25 heavy (non-hydrogen) atoms. The first kappa shape index (κ1) is 18.4. The van der Waals surface area contributed by atoms with E-state index in [1.54, 1.807) is 13.2 Å². The van der Waals surface area contributed by atoms with Crippen molar-refractivity contribution >= 4 is 17.6 Å². The fourth-order valence-electron chi connectivity index (χ4n) is 2.92. The van der Waals surface area contributed by atoms with Crippen LogP contribution in [0.4, 0.5) is 5.82 Å². The third-order valence-corrected chi connectivity index (χ3v) is 4.18. The van der Waals surface area contributed by atoms with Gasteiger partial charge in [0.25, 0.3) is 5.91 Å². The monoisotopic (exact) mass is 343 g/mol. The van der Waals surface area contributed by atoms with Gasteiger partial charge in [0.2, 0.25) is 0 Å². The van der Waals surface area contributed by atoms with Gasteiger partial charge in [-0.05, 0) is 24.3 Å². The number of pyridine rings is 1. The molecule has 0 unspecified atom stereocenters. The Morgan fingerprint density at radius 1 is 1.08 bits per heavy atom. The summed E-state index contributed by atoms with van der Waals surface area (Å²) in [5, 5.41) is 0. The molecule has 1 aromatic heterocycles. The number of nitrogen functional groups attached to an aromatic ring is 1. The van der Waals surface area contributed by atoms with E-state index in [9.17, 15) is 4.79 Å². The Bertz CT molecular complexity index is 746. The largest absolute Gasteiger partial charge is 0.412 e. The number of rotatable bonds is 2. The topological polar surface area (TPSA) is 106 Å². The molecule has 2 aromatic rings. The highest BCUT2D eigenvalue weighted by molar-refractivity contribution is 6.02. The van der Waals surface area contributed by atoms with Crippen molar-refractivity contribution in [3.8, 4) is 0 Å². The van der Waals surface area contributed by atoms with E-state index in [1.165, 1.54) is 0 Å². The minimum atomic E-state index is 0. The molecule has 1 saturated heterocycles. The molecule has 0 spiro atoms. The van der Waals surface area contributed by atoms with Crippen molar-refractivity contribution in [1.82, 2.24) is 14.8 Å². The minimum absolute atomic E-state index is 0. The number of piperazine rings is 1. The third kappa shape index (κ3) is 3.95.